The molecule has 0 amide bonds. The average Bonchev–Trinajstić information content (AvgIpc) is 2.92. The Kier molecular flexibility index (Phi) is 5.12. The maximum absolute atomic E-state index is 5.84. The van der Waals surface area contributed by atoms with Gasteiger partial charge in [-0.25, -0.2) is 4.98 Å². The van der Waals surface area contributed by atoms with Crippen LogP contribution in [0.4, 0.5) is 0 Å². The number of hydrogen-bond donors (Lipinski definition) is 1. The Balaban J connectivity index is 1.70. The van der Waals surface area contributed by atoms with Crippen LogP contribution in [0.15, 0.2) is 18.7 Å². The number of hydrogen-bond acceptors (Lipinski definition) is 4. The summed E-state index contributed by atoms with van der Waals surface area (Å²) < 4.78 is 2.13. The molecule has 1 fully saturated rings. The summed E-state index contributed by atoms with van der Waals surface area (Å²) in [5.74, 6) is 0. The molecule has 0 unspecified atom stereocenters. The zero-order valence-electron chi connectivity index (χ0n) is 12.5. The maximum atomic E-state index is 5.84. The van der Waals surface area contributed by atoms with E-state index in [4.69, 9.17) is 18.0 Å². The number of rotatable bonds is 6. The van der Waals surface area contributed by atoms with Gasteiger partial charge in [-0.15, -0.1) is 0 Å². The highest BCUT2D eigenvalue weighted by molar-refractivity contribution is 7.80. The number of thiocarbonyl (C=S) groups is 1. The lowest BCUT2D eigenvalue weighted by Crippen LogP contribution is -2.59. The number of imidazole rings is 1. The molecule has 6 heteroatoms. The van der Waals surface area contributed by atoms with Crippen LogP contribution >= 0.6 is 12.2 Å². The van der Waals surface area contributed by atoms with E-state index < -0.39 is 0 Å². The molecule has 1 saturated heterocycles. The summed E-state index contributed by atoms with van der Waals surface area (Å²) in [5.41, 5.74) is 5.67. The fourth-order valence-corrected chi connectivity index (χ4v) is 2.71. The molecule has 0 aliphatic carbocycles. The van der Waals surface area contributed by atoms with E-state index in [-0.39, 0.29) is 5.54 Å². The molecule has 2 heterocycles. The van der Waals surface area contributed by atoms with Gasteiger partial charge in [-0.1, -0.05) is 12.2 Å². The van der Waals surface area contributed by atoms with Crippen LogP contribution in [0.25, 0.3) is 0 Å². The van der Waals surface area contributed by atoms with Crippen LogP contribution < -0.4 is 5.73 Å². The van der Waals surface area contributed by atoms with Crippen LogP contribution in [0.2, 0.25) is 0 Å². The van der Waals surface area contributed by atoms with Crippen molar-refractivity contribution < 1.29 is 0 Å². The summed E-state index contributed by atoms with van der Waals surface area (Å²) in [6.07, 6.45) is 6.89. The van der Waals surface area contributed by atoms with Crippen LogP contribution in [0.3, 0.4) is 0 Å². The van der Waals surface area contributed by atoms with Gasteiger partial charge in [0.1, 0.15) is 0 Å². The standard InChI is InChI=1S/C14H25N5S/c1-14(2,13(15)20)19-10-8-17(9-11-19)5-3-6-18-7-4-16-12-18/h4,7,12H,3,5-6,8-11H2,1-2H3,(H2,15,20). The number of piperazine rings is 1. The lowest BCUT2D eigenvalue weighted by atomic mass is 10.0. The molecule has 0 bridgehead atoms. The van der Waals surface area contributed by atoms with Crippen molar-refractivity contribution in [1.29, 1.82) is 0 Å². The first-order valence-corrected chi connectivity index (χ1v) is 7.64. The SMILES string of the molecule is CC(C)(C(N)=S)N1CCN(CCCn2ccnc2)CC1. The fourth-order valence-electron chi connectivity index (χ4n) is 2.58. The molecule has 112 valence electrons. The van der Waals surface area contributed by atoms with Crippen LogP contribution in [0, 0.1) is 0 Å². The number of nitrogens with zero attached hydrogens (tertiary/aromatic N) is 4. The lowest BCUT2D eigenvalue weighted by Gasteiger charge is -2.43. The Labute approximate surface area is 126 Å². The highest BCUT2D eigenvalue weighted by Crippen LogP contribution is 2.17. The lowest BCUT2D eigenvalue weighted by molar-refractivity contribution is 0.0847. The molecule has 2 rings (SSSR count). The van der Waals surface area contributed by atoms with Gasteiger partial charge in [0.25, 0.3) is 0 Å². The van der Waals surface area contributed by atoms with Crippen molar-refractivity contribution in [1.82, 2.24) is 19.4 Å². The van der Waals surface area contributed by atoms with E-state index in [1.807, 2.05) is 18.7 Å². The normalized spacial score (nSPS) is 18.3. The van der Waals surface area contributed by atoms with E-state index in [1.165, 1.54) is 0 Å². The predicted octanol–water partition coefficient (Wildman–Crippen LogP) is 0.955. The molecule has 20 heavy (non-hydrogen) atoms. The van der Waals surface area contributed by atoms with Crippen molar-refractivity contribution in [2.24, 2.45) is 5.73 Å². The second-order valence-corrected chi connectivity index (χ2v) is 6.35. The van der Waals surface area contributed by atoms with Gasteiger partial charge in [0.2, 0.25) is 0 Å². The molecule has 0 atom stereocenters. The van der Waals surface area contributed by atoms with E-state index in [0.717, 1.165) is 45.7 Å². The Bertz CT molecular complexity index is 421. The van der Waals surface area contributed by atoms with Gasteiger partial charge in [-0.2, -0.15) is 0 Å². The minimum atomic E-state index is -0.168. The minimum absolute atomic E-state index is 0.168. The quantitative estimate of drug-likeness (QED) is 0.792. The van der Waals surface area contributed by atoms with Gasteiger partial charge in [0.05, 0.1) is 16.9 Å². The van der Waals surface area contributed by atoms with E-state index in [0.29, 0.717) is 4.99 Å². The molecular weight excluding hydrogens is 270 g/mol. The Morgan fingerprint density at radius 3 is 2.50 bits per heavy atom. The second kappa shape index (κ2) is 6.65. The Morgan fingerprint density at radius 2 is 1.95 bits per heavy atom. The number of nitrogens with two attached hydrogens (primary N) is 1. The topological polar surface area (TPSA) is 50.3 Å². The molecule has 0 saturated carbocycles. The molecule has 0 aromatic carbocycles. The van der Waals surface area contributed by atoms with E-state index in [9.17, 15) is 0 Å². The first kappa shape index (κ1) is 15.4. The monoisotopic (exact) mass is 295 g/mol. The summed E-state index contributed by atoms with van der Waals surface area (Å²) in [6.45, 7) is 10.7. The van der Waals surface area contributed by atoms with Crippen LogP contribution in [-0.4, -0.2) is 62.6 Å². The van der Waals surface area contributed by atoms with Crippen molar-refractivity contribution in [3.63, 3.8) is 0 Å². The summed E-state index contributed by atoms with van der Waals surface area (Å²) in [6, 6.07) is 0. The van der Waals surface area contributed by atoms with E-state index in [1.54, 1.807) is 0 Å². The molecular formula is C14H25N5S. The fraction of sp³-hybridized carbons (Fsp3) is 0.714. The van der Waals surface area contributed by atoms with Crippen molar-refractivity contribution in [2.75, 3.05) is 32.7 Å². The van der Waals surface area contributed by atoms with E-state index >= 15 is 0 Å². The molecule has 1 aromatic rings. The zero-order chi connectivity index (χ0) is 14.6. The predicted molar refractivity (Wildman–Crippen MR) is 85.7 cm³/mol. The van der Waals surface area contributed by atoms with Crippen molar-refractivity contribution in [2.45, 2.75) is 32.4 Å². The minimum Gasteiger partial charge on any atom is -0.392 e. The second-order valence-electron chi connectivity index (χ2n) is 5.91. The third-order valence-corrected chi connectivity index (χ3v) is 4.72. The zero-order valence-corrected chi connectivity index (χ0v) is 13.3. The summed E-state index contributed by atoms with van der Waals surface area (Å²) in [4.78, 5) is 9.56. The van der Waals surface area contributed by atoms with Crippen LogP contribution in [0.1, 0.15) is 20.3 Å². The molecule has 1 aliphatic rings. The van der Waals surface area contributed by atoms with Gasteiger partial charge in [0.15, 0.2) is 0 Å². The number of aryl methyl sites for hydroxylation is 1. The van der Waals surface area contributed by atoms with Crippen molar-refractivity contribution in [3.8, 4) is 0 Å². The smallest absolute Gasteiger partial charge is 0.0945 e. The summed E-state index contributed by atoms with van der Waals surface area (Å²) in [7, 11) is 0. The Hall–Kier alpha value is -0.980. The molecule has 2 N–H and O–H groups in total. The first-order valence-electron chi connectivity index (χ1n) is 7.23. The van der Waals surface area contributed by atoms with Crippen LogP contribution in [-0.2, 0) is 6.54 Å². The Morgan fingerprint density at radius 1 is 1.25 bits per heavy atom. The molecule has 0 spiro atoms. The van der Waals surface area contributed by atoms with Gasteiger partial charge < -0.3 is 15.2 Å². The highest BCUT2D eigenvalue weighted by Gasteiger charge is 2.31. The van der Waals surface area contributed by atoms with Crippen LogP contribution in [0.5, 0.6) is 0 Å². The molecule has 5 nitrogen and oxygen atoms in total. The van der Waals surface area contributed by atoms with Crippen molar-refractivity contribution in [3.05, 3.63) is 18.7 Å². The average molecular weight is 295 g/mol. The van der Waals surface area contributed by atoms with Gasteiger partial charge in [-0.3, -0.25) is 4.90 Å². The number of aromatic nitrogens is 2. The van der Waals surface area contributed by atoms with Gasteiger partial charge >= 0.3 is 0 Å². The third-order valence-electron chi connectivity index (χ3n) is 4.22. The molecule has 1 aliphatic heterocycles. The first-order chi connectivity index (χ1) is 9.50. The summed E-state index contributed by atoms with van der Waals surface area (Å²) >= 11 is 5.17. The third kappa shape index (κ3) is 3.77. The van der Waals surface area contributed by atoms with E-state index in [2.05, 4.69) is 33.2 Å². The van der Waals surface area contributed by atoms with Gasteiger partial charge in [-0.05, 0) is 26.8 Å². The van der Waals surface area contributed by atoms with Gasteiger partial charge in [0, 0.05) is 45.1 Å². The summed E-state index contributed by atoms with van der Waals surface area (Å²) in [5, 5.41) is 0. The maximum Gasteiger partial charge on any atom is 0.0945 e. The highest BCUT2D eigenvalue weighted by atomic mass is 32.1. The molecule has 0 radical (unpaired) electrons. The van der Waals surface area contributed by atoms with Crippen molar-refractivity contribution >= 4 is 17.2 Å². The molecule has 1 aromatic heterocycles. The largest absolute Gasteiger partial charge is 0.392 e.